The van der Waals surface area contributed by atoms with Crippen molar-refractivity contribution in [3.63, 3.8) is 0 Å². The summed E-state index contributed by atoms with van der Waals surface area (Å²) < 4.78 is 32.5. The minimum Gasteiger partial charge on any atom is -0.492 e. The molecule has 1 amide bonds. The monoisotopic (exact) mass is 382 g/mol. The fourth-order valence-electron chi connectivity index (χ4n) is 2.05. The van der Waals surface area contributed by atoms with Gasteiger partial charge in [0.2, 0.25) is 15.9 Å². The number of para-hydroxylation sites is 1. The normalized spacial score (nSPS) is 12.4. The minimum atomic E-state index is -3.90. The lowest BCUT2D eigenvalue weighted by molar-refractivity contribution is -0.117. The average Bonchev–Trinajstić information content (AvgIpc) is 2.57. The third-order valence-corrected chi connectivity index (χ3v) is 5.11. The molecule has 0 unspecified atom stereocenters. The first-order chi connectivity index (χ1) is 11.8. The predicted molar refractivity (Wildman–Crippen MR) is 97.5 cm³/mol. The number of rotatable bonds is 7. The van der Waals surface area contributed by atoms with Gasteiger partial charge in [-0.1, -0.05) is 29.8 Å². The molecule has 0 spiro atoms. The van der Waals surface area contributed by atoms with Crippen LogP contribution in [0.15, 0.2) is 53.4 Å². The molecule has 0 aromatic heterocycles. The Labute approximate surface area is 152 Å². The van der Waals surface area contributed by atoms with Crippen LogP contribution < -0.4 is 14.8 Å². The summed E-state index contributed by atoms with van der Waals surface area (Å²) in [7, 11) is -3.90. The van der Waals surface area contributed by atoms with Crippen LogP contribution in [-0.4, -0.2) is 27.0 Å². The van der Waals surface area contributed by atoms with Crippen molar-refractivity contribution < 1.29 is 17.9 Å². The predicted octanol–water partition coefficient (Wildman–Crippen LogP) is 3.04. The molecule has 0 saturated carbocycles. The van der Waals surface area contributed by atoms with Gasteiger partial charge in [-0.3, -0.25) is 4.79 Å². The van der Waals surface area contributed by atoms with E-state index in [9.17, 15) is 13.2 Å². The molecule has 8 heteroatoms. The molecule has 6 nitrogen and oxygen atoms in total. The number of carbonyl (C=O) groups excluding carboxylic acids is 1. The van der Waals surface area contributed by atoms with Gasteiger partial charge in [-0.25, -0.2) is 8.42 Å². The summed E-state index contributed by atoms with van der Waals surface area (Å²) in [5.74, 6) is -0.0650. The highest BCUT2D eigenvalue weighted by atomic mass is 35.5. The Bertz CT molecular complexity index is 841. The van der Waals surface area contributed by atoms with Crippen molar-refractivity contribution in [2.45, 2.75) is 24.8 Å². The number of anilines is 1. The molecule has 134 valence electrons. The Balaban J connectivity index is 2.09. The van der Waals surface area contributed by atoms with Gasteiger partial charge in [-0.05, 0) is 44.2 Å². The van der Waals surface area contributed by atoms with Crippen molar-refractivity contribution in [1.82, 2.24) is 4.72 Å². The van der Waals surface area contributed by atoms with E-state index in [-0.39, 0.29) is 9.92 Å². The van der Waals surface area contributed by atoms with E-state index >= 15 is 0 Å². The molecule has 2 aromatic rings. The Morgan fingerprint density at radius 2 is 1.88 bits per heavy atom. The second-order valence-electron chi connectivity index (χ2n) is 5.22. The fraction of sp³-hybridized carbons (Fsp3) is 0.235. The van der Waals surface area contributed by atoms with Gasteiger partial charge < -0.3 is 10.1 Å². The maximum absolute atomic E-state index is 12.4. The van der Waals surface area contributed by atoms with Crippen LogP contribution in [0.1, 0.15) is 13.8 Å². The van der Waals surface area contributed by atoms with Gasteiger partial charge in [0.25, 0.3) is 0 Å². The van der Waals surface area contributed by atoms with Crippen LogP contribution in [0.5, 0.6) is 5.75 Å². The first-order valence-electron chi connectivity index (χ1n) is 7.64. The Morgan fingerprint density at radius 3 is 2.48 bits per heavy atom. The molecule has 0 aliphatic heterocycles. The molecule has 0 fully saturated rings. The van der Waals surface area contributed by atoms with Crippen molar-refractivity contribution in [3.8, 4) is 5.75 Å². The van der Waals surface area contributed by atoms with Gasteiger partial charge in [0, 0.05) is 5.69 Å². The molecule has 0 aliphatic carbocycles. The van der Waals surface area contributed by atoms with E-state index in [2.05, 4.69) is 10.0 Å². The standard InChI is InChI=1S/C17H19ClN2O4S/c1-3-24-16-10-9-14(11-15(16)18)25(22,23)20-12(2)17(21)19-13-7-5-4-6-8-13/h4-12,20H,3H2,1-2H3,(H,19,21)/t12-/m1/s1. The summed E-state index contributed by atoms with van der Waals surface area (Å²) in [6.07, 6.45) is 0. The van der Waals surface area contributed by atoms with E-state index in [1.54, 1.807) is 31.2 Å². The van der Waals surface area contributed by atoms with Crippen LogP contribution in [0, 0.1) is 0 Å². The maximum Gasteiger partial charge on any atom is 0.242 e. The fourth-order valence-corrected chi connectivity index (χ4v) is 3.58. The van der Waals surface area contributed by atoms with Crippen molar-refractivity contribution in [3.05, 3.63) is 53.6 Å². The quantitative estimate of drug-likeness (QED) is 0.770. The van der Waals surface area contributed by atoms with Crippen molar-refractivity contribution in [1.29, 1.82) is 0 Å². The summed E-state index contributed by atoms with van der Waals surface area (Å²) in [5.41, 5.74) is 0.586. The van der Waals surface area contributed by atoms with E-state index < -0.39 is 22.0 Å². The first kappa shape index (κ1) is 19.2. The van der Waals surface area contributed by atoms with Gasteiger partial charge >= 0.3 is 0 Å². The molecule has 25 heavy (non-hydrogen) atoms. The minimum absolute atomic E-state index is 0.0414. The van der Waals surface area contributed by atoms with Gasteiger partial charge in [0.15, 0.2) is 0 Å². The Morgan fingerprint density at radius 1 is 1.20 bits per heavy atom. The smallest absolute Gasteiger partial charge is 0.242 e. The molecule has 0 radical (unpaired) electrons. The molecule has 2 N–H and O–H groups in total. The number of carbonyl (C=O) groups is 1. The van der Waals surface area contributed by atoms with E-state index in [0.717, 1.165) is 0 Å². The molecule has 2 aromatic carbocycles. The van der Waals surface area contributed by atoms with Gasteiger partial charge in [-0.2, -0.15) is 4.72 Å². The van der Waals surface area contributed by atoms with E-state index in [1.807, 2.05) is 6.07 Å². The maximum atomic E-state index is 12.4. The van der Waals surface area contributed by atoms with Crippen molar-refractivity contribution >= 4 is 33.2 Å². The lowest BCUT2D eigenvalue weighted by Crippen LogP contribution is -2.41. The molecule has 1 atom stereocenters. The third kappa shape index (κ3) is 5.19. The van der Waals surface area contributed by atoms with Crippen LogP contribution >= 0.6 is 11.6 Å². The summed E-state index contributed by atoms with van der Waals surface area (Å²) in [6.45, 7) is 3.68. The number of halogens is 1. The third-order valence-electron chi connectivity index (χ3n) is 3.28. The van der Waals surface area contributed by atoms with Crippen molar-refractivity contribution in [2.75, 3.05) is 11.9 Å². The summed E-state index contributed by atoms with van der Waals surface area (Å²) in [5, 5.41) is 2.83. The van der Waals surface area contributed by atoms with E-state index in [0.29, 0.717) is 18.0 Å². The number of ether oxygens (including phenoxy) is 1. The Kier molecular flexibility index (Phi) is 6.41. The van der Waals surface area contributed by atoms with Crippen LogP contribution in [-0.2, 0) is 14.8 Å². The van der Waals surface area contributed by atoms with E-state index in [1.165, 1.54) is 25.1 Å². The summed E-state index contributed by atoms with van der Waals surface area (Å²) >= 11 is 6.02. The van der Waals surface area contributed by atoms with Crippen LogP contribution in [0.25, 0.3) is 0 Å². The summed E-state index contributed by atoms with van der Waals surface area (Å²) in [6, 6.07) is 12.0. The highest BCUT2D eigenvalue weighted by molar-refractivity contribution is 7.89. The number of sulfonamides is 1. The lowest BCUT2D eigenvalue weighted by Gasteiger charge is -2.15. The zero-order valence-corrected chi connectivity index (χ0v) is 15.4. The molecular formula is C17H19ClN2O4S. The average molecular weight is 383 g/mol. The first-order valence-corrected chi connectivity index (χ1v) is 9.50. The summed E-state index contributed by atoms with van der Waals surface area (Å²) in [4.78, 5) is 12.1. The van der Waals surface area contributed by atoms with E-state index in [4.69, 9.17) is 16.3 Å². The number of amides is 1. The topological polar surface area (TPSA) is 84.5 Å². The molecular weight excluding hydrogens is 364 g/mol. The van der Waals surface area contributed by atoms with Gasteiger partial charge in [0.1, 0.15) is 5.75 Å². The molecule has 0 aliphatic rings. The van der Waals surface area contributed by atoms with Crippen LogP contribution in [0.2, 0.25) is 5.02 Å². The zero-order valence-electron chi connectivity index (χ0n) is 13.8. The van der Waals surface area contributed by atoms with Gasteiger partial charge in [0.05, 0.1) is 22.6 Å². The zero-order chi connectivity index (χ0) is 18.4. The second-order valence-corrected chi connectivity index (χ2v) is 7.34. The largest absolute Gasteiger partial charge is 0.492 e. The van der Waals surface area contributed by atoms with Crippen molar-refractivity contribution in [2.24, 2.45) is 0 Å². The highest BCUT2D eigenvalue weighted by Gasteiger charge is 2.23. The lowest BCUT2D eigenvalue weighted by atomic mass is 10.3. The number of benzene rings is 2. The molecule has 0 bridgehead atoms. The second kappa shape index (κ2) is 8.33. The molecule has 0 saturated heterocycles. The van der Waals surface area contributed by atoms with Gasteiger partial charge in [-0.15, -0.1) is 0 Å². The van der Waals surface area contributed by atoms with Crippen LogP contribution in [0.4, 0.5) is 5.69 Å². The number of hydrogen-bond donors (Lipinski definition) is 2. The highest BCUT2D eigenvalue weighted by Crippen LogP contribution is 2.27. The number of nitrogens with one attached hydrogen (secondary N) is 2. The molecule has 0 heterocycles. The number of hydrogen-bond acceptors (Lipinski definition) is 4. The van der Waals surface area contributed by atoms with Crippen LogP contribution in [0.3, 0.4) is 0 Å². The molecule has 2 rings (SSSR count). The Hall–Kier alpha value is -2.09. The SMILES string of the molecule is CCOc1ccc(S(=O)(=O)N[C@H](C)C(=O)Nc2ccccc2)cc1Cl.